The van der Waals surface area contributed by atoms with Gasteiger partial charge in [-0.2, -0.15) is 0 Å². The predicted octanol–water partition coefficient (Wildman–Crippen LogP) is 4.01. The van der Waals surface area contributed by atoms with Crippen molar-refractivity contribution in [1.82, 2.24) is 4.40 Å². The zero-order valence-electron chi connectivity index (χ0n) is 10.3. The zero-order chi connectivity index (χ0) is 13.1. The number of benzene rings is 2. The SMILES string of the molecule is Cc1cn2c3ccc(Cl)cc3c3cccc(c1=O)c32. The fraction of sp³-hybridized carbons (Fsp3) is 0.0625. The molecular weight excluding hydrogens is 258 g/mol. The van der Waals surface area contributed by atoms with Crippen molar-refractivity contribution >= 4 is 38.8 Å². The van der Waals surface area contributed by atoms with Crippen LogP contribution in [-0.2, 0) is 0 Å². The van der Waals surface area contributed by atoms with Crippen LogP contribution in [0.15, 0.2) is 47.4 Å². The summed E-state index contributed by atoms with van der Waals surface area (Å²) in [6.45, 7) is 1.85. The molecule has 0 saturated heterocycles. The topological polar surface area (TPSA) is 21.5 Å². The van der Waals surface area contributed by atoms with E-state index in [1.54, 1.807) is 0 Å². The van der Waals surface area contributed by atoms with Crippen LogP contribution in [0.5, 0.6) is 0 Å². The van der Waals surface area contributed by atoms with Gasteiger partial charge in [-0.3, -0.25) is 4.79 Å². The highest BCUT2D eigenvalue weighted by Crippen LogP contribution is 2.32. The fourth-order valence-corrected chi connectivity index (χ4v) is 3.03. The quantitative estimate of drug-likeness (QED) is 0.472. The molecule has 2 aromatic carbocycles. The first-order valence-corrected chi connectivity index (χ1v) is 6.50. The summed E-state index contributed by atoms with van der Waals surface area (Å²) in [5.74, 6) is 0. The van der Waals surface area contributed by atoms with E-state index >= 15 is 0 Å². The maximum Gasteiger partial charge on any atom is 0.192 e. The molecule has 0 atom stereocenters. The number of hydrogen-bond donors (Lipinski definition) is 0. The second-order valence-electron chi connectivity index (χ2n) is 4.87. The highest BCUT2D eigenvalue weighted by molar-refractivity contribution is 6.32. The van der Waals surface area contributed by atoms with E-state index in [1.807, 2.05) is 49.5 Å². The summed E-state index contributed by atoms with van der Waals surface area (Å²) in [6, 6.07) is 11.7. The summed E-state index contributed by atoms with van der Waals surface area (Å²) in [5.41, 5.74) is 2.92. The third-order valence-electron chi connectivity index (χ3n) is 3.71. The van der Waals surface area contributed by atoms with Crippen LogP contribution in [0.3, 0.4) is 0 Å². The molecule has 2 nitrogen and oxygen atoms in total. The molecule has 2 heterocycles. The molecule has 2 aromatic heterocycles. The summed E-state index contributed by atoms with van der Waals surface area (Å²) < 4.78 is 2.09. The number of pyridine rings is 1. The molecule has 19 heavy (non-hydrogen) atoms. The van der Waals surface area contributed by atoms with Gasteiger partial charge in [0, 0.05) is 32.9 Å². The minimum absolute atomic E-state index is 0.104. The van der Waals surface area contributed by atoms with Crippen LogP contribution >= 0.6 is 11.6 Å². The maximum atomic E-state index is 12.2. The smallest absolute Gasteiger partial charge is 0.192 e. The van der Waals surface area contributed by atoms with E-state index in [4.69, 9.17) is 11.6 Å². The lowest BCUT2D eigenvalue weighted by Crippen LogP contribution is -2.07. The molecule has 0 aliphatic rings. The number of para-hydroxylation sites is 1. The van der Waals surface area contributed by atoms with E-state index in [0.29, 0.717) is 5.02 Å². The van der Waals surface area contributed by atoms with E-state index in [0.717, 1.165) is 32.8 Å². The first-order valence-electron chi connectivity index (χ1n) is 6.12. The molecule has 0 fully saturated rings. The van der Waals surface area contributed by atoms with Crippen molar-refractivity contribution in [1.29, 1.82) is 0 Å². The fourth-order valence-electron chi connectivity index (χ4n) is 2.86. The minimum Gasteiger partial charge on any atom is -0.315 e. The van der Waals surface area contributed by atoms with Gasteiger partial charge in [-0.05, 0) is 31.2 Å². The minimum atomic E-state index is 0.104. The van der Waals surface area contributed by atoms with Crippen LogP contribution in [0, 0.1) is 6.92 Å². The third kappa shape index (κ3) is 1.29. The van der Waals surface area contributed by atoms with Gasteiger partial charge in [-0.25, -0.2) is 0 Å². The molecule has 0 aliphatic carbocycles. The summed E-state index contributed by atoms with van der Waals surface area (Å²) >= 11 is 6.09. The molecule has 0 aliphatic heterocycles. The Morgan fingerprint density at radius 3 is 2.68 bits per heavy atom. The van der Waals surface area contributed by atoms with Crippen molar-refractivity contribution in [3.8, 4) is 0 Å². The Bertz CT molecular complexity index is 1000. The second kappa shape index (κ2) is 3.49. The van der Waals surface area contributed by atoms with Crippen molar-refractivity contribution in [2.75, 3.05) is 0 Å². The number of nitrogens with zero attached hydrogens (tertiary/aromatic N) is 1. The number of halogens is 1. The van der Waals surface area contributed by atoms with Crippen LogP contribution in [-0.4, -0.2) is 4.40 Å². The highest BCUT2D eigenvalue weighted by Gasteiger charge is 2.13. The van der Waals surface area contributed by atoms with Crippen LogP contribution < -0.4 is 5.43 Å². The van der Waals surface area contributed by atoms with Gasteiger partial charge in [0.1, 0.15) is 0 Å². The molecule has 0 spiro atoms. The molecule has 4 rings (SSSR count). The van der Waals surface area contributed by atoms with Crippen molar-refractivity contribution in [3.05, 3.63) is 63.4 Å². The average molecular weight is 268 g/mol. The summed E-state index contributed by atoms with van der Waals surface area (Å²) in [6.07, 6.45) is 1.91. The second-order valence-corrected chi connectivity index (χ2v) is 5.31. The van der Waals surface area contributed by atoms with Crippen molar-refractivity contribution in [2.24, 2.45) is 0 Å². The third-order valence-corrected chi connectivity index (χ3v) is 3.95. The average Bonchev–Trinajstić information content (AvgIpc) is 2.71. The molecule has 0 amide bonds. The standard InChI is InChI=1S/C16H10ClNO/c1-9-8-18-14-6-5-10(17)7-13(14)11-3-2-4-12(15(11)18)16(9)19/h2-8H,1H3. The first-order chi connectivity index (χ1) is 9.16. The lowest BCUT2D eigenvalue weighted by molar-refractivity contribution is 1.21. The van der Waals surface area contributed by atoms with Gasteiger partial charge in [-0.15, -0.1) is 0 Å². The predicted molar refractivity (Wildman–Crippen MR) is 79.6 cm³/mol. The monoisotopic (exact) mass is 267 g/mol. The zero-order valence-corrected chi connectivity index (χ0v) is 11.0. The van der Waals surface area contributed by atoms with Crippen molar-refractivity contribution in [2.45, 2.75) is 6.92 Å². The number of rotatable bonds is 0. The van der Waals surface area contributed by atoms with E-state index in [2.05, 4.69) is 4.40 Å². The molecule has 4 aromatic rings. The van der Waals surface area contributed by atoms with E-state index in [9.17, 15) is 4.79 Å². The first kappa shape index (κ1) is 10.8. The Kier molecular flexibility index (Phi) is 1.99. The molecule has 0 radical (unpaired) electrons. The van der Waals surface area contributed by atoms with Crippen molar-refractivity contribution in [3.63, 3.8) is 0 Å². The van der Waals surface area contributed by atoms with Gasteiger partial charge in [0.15, 0.2) is 5.43 Å². The summed E-state index contributed by atoms with van der Waals surface area (Å²) in [4.78, 5) is 12.2. The Hall–Kier alpha value is -2.06. The number of fused-ring (bicyclic) bond motifs is 3. The van der Waals surface area contributed by atoms with Gasteiger partial charge in [0.05, 0.1) is 11.0 Å². The van der Waals surface area contributed by atoms with Crippen LogP contribution in [0.25, 0.3) is 27.2 Å². The van der Waals surface area contributed by atoms with Crippen molar-refractivity contribution < 1.29 is 0 Å². The van der Waals surface area contributed by atoms with Crippen LogP contribution in [0.1, 0.15) is 5.56 Å². The van der Waals surface area contributed by atoms with E-state index in [1.165, 1.54) is 0 Å². The molecule has 3 heteroatoms. The van der Waals surface area contributed by atoms with E-state index < -0.39 is 0 Å². The Labute approximate surface area is 114 Å². The normalized spacial score (nSPS) is 11.9. The maximum absolute atomic E-state index is 12.2. The molecular formula is C16H10ClNO. The largest absolute Gasteiger partial charge is 0.315 e. The number of hydrogen-bond acceptors (Lipinski definition) is 1. The van der Waals surface area contributed by atoms with Gasteiger partial charge >= 0.3 is 0 Å². The lowest BCUT2D eigenvalue weighted by atomic mass is 10.1. The molecule has 0 N–H and O–H groups in total. The molecule has 92 valence electrons. The highest BCUT2D eigenvalue weighted by atomic mass is 35.5. The molecule has 0 unspecified atom stereocenters. The van der Waals surface area contributed by atoms with Gasteiger partial charge in [-0.1, -0.05) is 23.7 Å². The molecule has 0 saturated carbocycles. The summed E-state index contributed by atoms with van der Waals surface area (Å²) in [7, 11) is 0. The Morgan fingerprint density at radius 2 is 1.84 bits per heavy atom. The summed E-state index contributed by atoms with van der Waals surface area (Å²) in [5, 5.41) is 3.64. The van der Waals surface area contributed by atoms with Gasteiger partial charge < -0.3 is 4.40 Å². The Balaban J connectivity index is 2.47. The molecule has 0 bridgehead atoms. The van der Waals surface area contributed by atoms with Crippen LogP contribution in [0.2, 0.25) is 5.02 Å². The number of aryl methyl sites for hydroxylation is 1. The van der Waals surface area contributed by atoms with Gasteiger partial charge in [0.25, 0.3) is 0 Å². The van der Waals surface area contributed by atoms with E-state index in [-0.39, 0.29) is 5.43 Å². The van der Waals surface area contributed by atoms with Gasteiger partial charge in [0.2, 0.25) is 0 Å². The number of aromatic nitrogens is 1. The van der Waals surface area contributed by atoms with Crippen LogP contribution in [0.4, 0.5) is 0 Å². The lowest BCUT2D eigenvalue weighted by Gasteiger charge is -2.02. The Morgan fingerprint density at radius 1 is 1.05 bits per heavy atom.